The van der Waals surface area contributed by atoms with Crippen LogP contribution in [0.5, 0.6) is 0 Å². The lowest BCUT2D eigenvalue weighted by molar-refractivity contribution is 0.130. The number of fused-ring (bicyclic) bond motifs is 3. The first kappa shape index (κ1) is 15.1. The van der Waals surface area contributed by atoms with Crippen LogP contribution in [0.3, 0.4) is 0 Å². The lowest BCUT2D eigenvalue weighted by Crippen LogP contribution is -2.27. The first-order valence-electron chi connectivity index (χ1n) is 7.40. The fraction of sp³-hybridized carbons (Fsp3) is 0.100. The van der Waals surface area contributed by atoms with Crippen LogP contribution in [-0.2, 0) is 5.60 Å². The van der Waals surface area contributed by atoms with E-state index in [2.05, 4.69) is 44.0 Å². The highest BCUT2D eigenvalue weighted by molar-refractivity contribution is 9.10. The van der Waals surface area contributed by atoms with E-state index in [4.69, 9.17) is 0 Å². The van der Waals surface area contributed by atoms with Crippen LogP contribution in [0.4, 0.5) is 0 Å². The number of aliphatic hydroxyl groups is 1. The lowest BCUT2D eigenvalue weighted by atomic mass is 9.82. The van der Waals surface area contributed by atoms with Gasteiger partial charge in [-0.15, -0.1) is 0 Å². The molecule has 0 spiro atoms. The van der Waals surface area contributed by atoms with Gasteiger partial charge in [-0.1, -0.05) is 68.3 Å². The van der Waals surface area contributed by atoms with Gasteiger partial charge in [0.2, 0.25) is 0 Å². The second-order valence-electron chi connectivity index (χ2n) is 5.91. The van der Waals surface area contributed by atoms with Gasteiger partial charge in [0, 0.05) is 20.1 Å². The van der Waals surface area contributed by atoms with Crippen LogP contribution in [0.1, 0.15) is 22.3 Å². The van der Waals surface area contributed by atoms with Crippen LogP contribution in [0.15, 0.2) is 69.6 Å². The van der Waals surface area contributed by atoms with Crippen molar-refractivity contribution < 1.29 is 5.11 Å². The van der Waals surface area contributed by atoms with Crippen molar-refractivity contribution in [3.05, 3.63) is 91.9 Å². The normalized spacial score (nSPS) is 14.4. The third-order valence-electron chi connectivity index (χ3n) is 4.57. The van der Waals surface area contributed by atoms with Gasteiger partial charge < -0.3 is 5.11 Å². The van der Waals surface area contributed by atoms with Crippen molar-refractivity contribution in [3.8, 4) is 11.1 Å². The maximum Gasteiger partial charge on any atom is 0.142 e. The van der Waals surface area contributed by atoms with E-state index < -0.39 is 5.60 Å². The summed E-state index contributed by atoms with van der Waals surface area (Å²) in [4.78, 5) is 0. The van der Waals surface area contributed by atoms with Crippen LogP contribution < -0.4 is 0 Å². The van der Waals surface area contributed by atoms with Crippen molar-refractivity contribution in [2.75, 3.05) is 0 Å². The molecule has 3 heteroatoms. The molecule has 23 heavy (non-hydrogen) atoms. The molecule has 4 rings (SSSR count). The molecule has 114 valence electrons. The van der Waals surface area contributed by atoms with E-state index in [1.54, 1.807) is 0 Å². The van der Waals surface area contributed by atoms with E-state index in [9.17, 15) is 5.11 Å². The second kappa shape index (κ2) is 5.30. The third kappa shape index (κ3) is 2.14. The highest BCUT2D eigenvalue weighted by Crippen LogP contribution is 2.52. The lowest BCUT2D eigenvalue weighted by Gasteiger charge is -2.28. The van der Waals surface area contributed by atoms with E-state index in [1.165, 1.54) is 0 Å². The predicted molar refractivity (Wildman–Crippen MR) is 101 cm³/mol. The number of aryl methyl sites for hydroxylation is 1. The van der Waals surface area contributed by atoms with Crippen LogP contribution in [0.2, 0.25) is 0 Å². The van der Waals surface area contributed by atoms with Gasteiger partial charge in [0.1, 0.15) is 5.60 Å². The maximum absolute atomic E-state index is 11.9. The van der Waals surface area contributed by atoms with Gasteiger partial charge in [-0.25, -0.2) is 0 Å². The molecule has 1 N–H and O–H groups in total. The molecule has 0 bridgehead atoms. The number of hydrogen-bond acceptors (Lipinski definition) is 1. The van der Waals surface area contributed by atoms with Gasteiger partial charge in [-0.2, -0.15) is 0 Å². The molecule has 0 atom stereocenters. The van der Waals surface area contributed by atoms with E-state index >= 15 is 0 Å². The quantitative estimate of drug-likeness (QED) is 0.519. The Labute approximate surface area is 152 Å². The second-order valence-corrected chi connectivity index (χ2v) is 7.74. The highest BCUT2D eigenvalue weighted by Gasteiger charge is 2.44. The minimum Gasteiger partial charge on any atom is -0.376 e. The average Bonchev–Trinajstić information content (AvgIpc) is 2.77. The zero-order chi connectivity index (χ0) is 16.2. The summed E-state index contributed by atoms with van der Waals surface area (Å²) in [5.41, 5.74) is 4.89. The molecule has 0 radical (unpaired) electrons. The average molecular weight is 430 g/mol. The van der Waals surface area contributed by atoms with E-state index in [0.717, 1.165) is 42.3 Å². The molecule has 0 amide bonds. The fourth-order valence-corrected chi connectivity index (χ4v) is 4.24. The number of benzene rings is 3. The van der Waals surface area contributed by atoms with Crippen molar-refractivity contribution >= 4 is 31.9 Å². The first-order valence-corrected chi connectivity index (χ1v) is 8.99. The smallest absolute Gasteiger partial charge is 0.142 e. The molecule has 3 aromatic carbocycles. The van der Waals surface area contributed by atoms with Crippen LogP contribution in [0.25, 0.3) is 11.1 Å². The van der Waals surface area contributed by atoms with Crippen LogP contribution in [0, 0.1) is 6.92 Å². The minimum absolute atomic E-state index is 0.925. The Morgan fingerprint density at radius 3 is 1.78 bits per heavy atom. The summed E-state index contributed by atoms with van der Waals surface area (Å²) in [6, 6.07) is 20.3. The van der Waals surface area contributed by atoms with Crippen LogP contribution in [-0.4, -0.2) is 5.11 Å². The molecule has 0 fully saturated rings. The molecular formula is C20H14Br2O. The van der Waals surface area contributed by atoms with Gasteiger partial charge in [0.05, 0.1) is 0 Å². The SMILES string of the molecule is Cc1ccccc1C1(O)c2cc(Br)ccc2-c2ccc(Br)cc21. The van der Waals surface area contributed by atoms with Crippen molar-refractivity contribution in [3.63, 3.8) is 0 Å². The predicted octanol–water partition coefficient (Wildman–Crippen LogP) is 5.78. The summed E-state index contributed by atoms with van der Waals surface area (Å²) in [6.45, 7) is 2.04. The summed E-state index contributed by atoms with van der Waals surface area (Å²) >= 11 is 7.09. The van der Waals surface area contributed by atoms with Gasteiger partial charge in [-0.05, 0) is 53.4 Å². The molecule has 0 unspecified atom stereocenters. The Kier molecular flexibility index (Phi) is 3.49. The van der Waals surface area contributed by atoms with Gasteiger partial charge >= 0.3 is 0 Å². The summed E-state index contributed by atoms with van der Waals surface area (Å²) in [6.07, 6.45) is 0. The van der Waals surface area contributed by atoms with Crippen molar-refractivity contribution in [1.82, 2.24) is 0 Å². The van der Waals surface area contributed by atoms with Crippen LogP contribution >= 0.6 is 31.9 Å². The summed E-state index contributed by atoms with van der Waals surface area (Å²) in [5, 5.41) is 11.9. The molecule has 0 saturated heterocycles. The van der Waals surface area contributed by atoms with E-state index in [0.29, 0.717) is 0 Å². The summed E-state index contributed by atoms with van der Waals surface area (Å²) in [7, 11) is 0. The van der Waals surface area contributed by atoms with E-state index in [1.807, 2.05) is 55.5 Å². The zero-order valence-electron chi connectivity index (χ0n) is 12.5. The van der Waals surface area contributed by atoms with Gasteiger partial charge in [-0.3, -0.25) is 0 Å². The third-order valence-corrected chi connectivity index (χ3v) is 5.55. The van der Waals surface area contributed by atoms with Gasteiger partial charge in [0.15, 0.2) is 0 Å². The first-order chi connectivity index (χ1) is 11.0. The Morgan fingerprint density at radius 2 is 1.26 bits per heavy atom. The highest BCUT2D eigenvalue weighted by atomic mass is 79.9. The van der Waals surface area contributed by atoms with Crippen molar-refractivity contribution in [2.45, 2.75) is 12.5 Å². The number of hydrogen-bond donors (Lipinski definition) is 1. The molecular weight excluding hydrogens is 416 g/mol. The van der Waals surface area contributed by atoms with E-state index in [-0.39, 0.29) is 0 Å². The zero-order valence-corrected chi connectivity index (χ0v) is 15.6. The molecule has 0 aliphatic heterocycles. The molecule has 0 saturated carbocycles. The maximum atomic E-state index is 11.9. The largest absolute Gasteiger partial charge is 0.376 e. The molecule has 1 aliphatic rings. The van der Waals surface area contributed by atoms with Crippen molar-refractivity contribution in [2.24, 2.45) is 0 Å². The summed E-state index contributed by atoms with van der Waals surface area (Å²) in [5.74, 6) is 0. The Morgan fingerprint density at radius 1 is 0.739 bits per heavy atom. The van der Waals surface area contributed by atoms with Crippen molar-refractivity contribution in [1.29, 1.82) is 0 Å². The Bertz CT molecular complexity index is 879. The Hall–Kier alpha value is -1.42. The number of rotatable bonds is 1. The molecule has 1 aliphatic carbocycles. The summed E-state index contributed by atoms with van der Waals surface area (Å²) < 4.78 is 1.94. The minimum atomic E-state index is -1.14. The molecule has 0 heterocycles. The Balaban J connectivity index is 2.13. The monoisotopic (exact) mass is 428 g/mol. The standard InChI is InChI=1S/C20H14Br2O/c1-12-4-2-3-5-17(12)20(23)18-10-13(21)6-8-15(18)16-9-7-14(22)11-19(16)20/h2-11,23H,1H3. The number of halogens is 2. The van der Waals surface area contributed by atoms with Gasteiger partial charge in [0.25, 0.3) is 0 Å². The fourth-order valence-electron chi connectivity index (χ4n) is 3.52. The molecule has 0 aromatic heterocycles. The topological polar surface area (TPSA) is 20.2 Å². The molecule has 1 nitrogen and oxygen atoms in total. The molecule has 3 aromatic rings.